The third-order valence-corrected chi connectivity index (χ3v) is 8.67. The van der Waals surface area contributed by atoms with Gasteiger partial charge < -0.3 is 9.30 Å². The van der Waals surface area contributed by atoms with E-state index in [0.717, 1.165) is 83.5 Å². The van der Waals surface area contributed by atoms with Gasteiger partial charge in [0.25, 0.3) is 0 Å². The maximum atomic E-state index is 5.56. The zero-order valence-corrected chi connectivity index (χ0v) is 27.6. The molecule has 226 valence electrons. The molecule has 0 N–H and O–H groups in total. The predicted octanol–water partition coefficient (Wildman–Crippen LogP) is 9.61. The molecule has 9 rings (SSSR count). The average molecular weight is 786 g/mol. The molecule has 0 aliphatic rings. The summed E-state index contributed by atoms with van der Waals surface area (Å²) in [7, 11) is 1.70. The van der Waals surface area contributed by atoms with Crippen molar-refractivity contribution in [1.82, 2.24) is 19.1 Å². The molecule has 4 heterocycles. The van der Waals surface area contributed by atoms with Crippen LogP contribution in [0.15, 0.2) is 140 Å². The van der Waals surface area contributed by atoms with E-state index in [0.29, 0.717) is 0 Å². The van der Waals surface area contributed by atoms with Crippen LogP contribution in [-0.4, -0.2) is 26.2 Å². The zero-order valence-electron chi connectivity index (χ0n) is 25.3. The number of benzene rings is 5. The summed E-state index contributed by atoms with van der Waals surface area (Å²) in [5.41, 5.74) is 8.75. The van der Waals surface area contributed by atoms with Crippen molar-refractivity contribution < 1.29 is 25.8 Å². The van der Waals surface area contributed by atoms with Gasteiger partial charge in [0.1, 0.15) is 22.9 Å². The van der Waals surface area contributed by atoms with Crippen LogP contribution in [0.5, 0.6) is 5.75 Å². The monoisotopic (exact) mass is 785 g/mol. The van der Waals surface area contributed by atoms with E-state index in [2.05, 4.69) is 100 Å². The van der Waals surface area contributed by atoms with Crippen LogP contribution in [0, 0.1) is 12.1 Å². The molecule has 5 aromatic carbocycles. The fraction of sp³-hybridized carbons (Fsp3) is 0.0244. The third-order valence-electron chi connectivity index (χ3n) is 8.67. The molecule has 0 aliphatic heterocycles. The first kappa shape index (κ1) is 28.9. The molecule has 0 fully saturated rings. The van der Waals surface area contributed by atoms with Crippen molar-refractivity contribution in [2.45, 2.75) is 0 Å². The van der Waals surface area contributed by atoms with Gasteiger partial charge in [0.05, 0.1) is 18.1 Å². The van der Waals surface area contributed by atoms with E-state index < -0.39 is 0 Å². The topological polar surface area (TPSA) is 44.9 Å². The molecule has 6 heteroatoms. The molecule has 5 nitrogen and oxygen atoms in total. The number of nitrogens with zero attached hydrogens (tertiary/aromatic N) is 4. The Morgan fingerprint density at radius 2 is 1.21 bits per heavy atom. The van der Waals surface area contributed by atoms with Crippen LogP contribution in [-0.2, 0) is 21.1 Å². The number of ether oxygens (including phenoxy) is 1. The Hall–Kier alpha value is -5.51. The number of rotatable bonds is 5. The molecule has 0 bridgehead atoms. The fourth-order valence-electron chi connectivity index (χ4n) is 6.68. The quantitative estimate of drug-likeness (QED) is 0.163. The van der Waals surface area contributed by atoms with E-state index in [1.54, 1.807) is 7.11 Å². The van der Waals surface area contributed by atoms with E-state index in [4.69, 9.17) is 14.7 Å². The molecule has 0 aliphatic carbocycles. The van der Waals surface area contributed by atoms with Crippen LogP contribution in [0.25, 0.3) is 77.8 Å². The second-order valence-electron chi connectivity index (χ2n) is 11.2. The SMILES string of the molecule is COc1ccc(-c2c3c4ccccc4n(-c4[c-]cccc4)c3nc3c2c2ccccc2n3-c2cccc(-c3[c-]cccc3)n2)cc1.[Pt+2]. The van der Waals surface area contributed by atoms with E-state index in [1.807, 2.05) is 60.7 Å². The van der Waals surface area contributed by atoms with Crippen molar-refractivity contribution in [1.29, 1.82) is 0 Å². The van der Waals surface area contributed by atoms with E-state index in [9.17, 15) is 0 Å². The predicted molar refractivity (Wildman–Crippen MR) is 186 cm³/mol. The van der Waals surface area contributed by atoms with Crippen LogP contribution in [0.2, 0.25) is 0 Å². The molecule has 4 aromatic heterocycles. The molecule has 0 spiro atoms. The van der Waals surface area contributed by atoms with Crippen LogP contribution in [0.3, 0.4) is 0 Å². The summed E-state index contributed by atoms with van der Waals surface area (Å²) >= 11 is 0. The summed E-state index contributed by atoms with van der Waals surface area (Å²) in [5, 5.41) is 4.41. The van der Waals surface area contributed by atoms with Gasteiger partial charge in [-0.25, -0.2) is 4.98 Å². The van der Waals surface area contributed by atoms with Crippen LogP contribution in [0.1, 0.15) is 0 Å². The Kier molecular flexibility index (Phi) is 7.20. The Morgan fingerprint density at radius 1 is 0.574 bits per heavy atom. The number of hydrogen-bond acceptors (Lipinski definition) is 3. The summed E-state index contributed by atoms with van der Waals surface area (Å²) in [5.74, 6) is 1.61. The molecule has 0 saturated heterocycles. The van der Waals surface area contributed by atoms with Gasteiger partial charge in [-0.05, 0) is 41.6 Å². The van der Waals surface area contributed by atoms with Crippen molar-refractivity contribution in [2.75, 3.05) is 7.11 Å². The van der Waals surface area contributed by atoms with E-state index >= 15 is 0 Å². The molecular weight excluding hydrogens is 760 g/mol. The number of aromatic nitrogens is 4. The van der Waals surface area contributed by atoms with Crippen LogP contribution >= 0.6 is 0 Å². The first-order chi connectivity index (χ1) is 22.8. The maximum absolute atomic E-state index is 5.56. The van der Waals surface area contributed by atoms with Crippen LogP contribution in [0.4, 0.5) is 0 Å². The summed E-state index contributed by atoms with van der Waals surface area (Å²) in [4.78, 5) is 10.7. The first-order valence-corrected chi connectivity index (χ1v) is 15.2. The van der Waals surface area contributed by atoms with E-state index in [-0.39, 0.29) is 21.1 Å². The number of fused-ring (bicyclic) bond motifs is 6. The molecule has 47 heavy (non-hydrogen) atoms. The van der Waals surface area contributed by atoms with Crippen molar-refractivity contribution in [3.63, 3.8) is 0 Å². The number of pyridine rings is 2. The Labute approximate surface area is 286 Å². The van der Waals surface area contributed by atoms with Gasteiger partial charge >= 0.3 is 21.1 Å². The number of para-hydroxylation sites is 3. The minimum atomic E-state index is 0. The van der Waals surface area contributed by atoms with Gasteiger partial charge in [0.2, 0.25) is 0 Å². The van der Waals surface area contributed by atoms with E-state index in [1.165, 1.54) is 0 Å². The van der Waals surface area contributed by atoms with Crippen molar-refractivity contribution in [2.24, 2.45) is 0 Å². The molecule has 0 amide bonds. The Bertz CT molecular complexity index is 2550. The minimum Gasteiger partial charge on any atom is -0.497 e. The van der Waals surface area contributed by atoms with Gasteiger partial charge in [-0.15, -0.1) is 42.0 Å². The smallest absolute Gasteiger partial charge is 0.497 e. The largest absolute Gasteiger partial charge is 2.00 e. The van der Waals surface area contributed by atoms with Crippen LogP contribution < -0.4 is 4.74 Å². The number of methoxy groups -OCH3 is 1. The van der Waals surface area contributed by atoms with Gasteiger partial charge in [-0.2, -0.15) is 24.3 Å². The first-order valence-electron chi connectivity index (χ1n) is 15.2. The molecule has 0 unspecified atom stereocenters. The second kappa shape index (κ2) is 11.7. The Balaban J connectivity index is 0.00000324. The Morgan fingerprint density at radius 3 is 1.87 bits per heavy atom. The molecule has 9 aromatic rings. The van der Waals surface area contributed by atoms with Gasteiger partial charge in [-0.1, -0.05) is 66.4 Å². The normalized spacial score (nSPS) is 11.3. The average Bonchev–Trinajstić information content (AvgIpc) is 3.64. The van der Waals surface area contributed by atoms with Gasteiger partial charge in [-0.3, -0.25) is 9.55 Å². The summed E-state index contributed by atoms with van der Waals surface area (Å²) in [6.45, 7) is 0. The second-order valence-corrected chi connectivity index (χ2v) is 11.2. The third kappa shape index (κ3) is 4.58. The van der Waals surface area contributed by atoms with Crippen molar-refractivity contribution in [3.8, 4) is 39.6 Å². The zero-order chi connectivity index (χ0) is 30.6. The fourth-order valence-corrected chi connectivity index (χ4v) is 6.68. The molecule has 0 radical (unpaired) electrons. The summed E-state index contributed by atoms with van der Waals surface area (Å²) in [6.07, 6.45) is 0. The molecular formula is C41H26N4OPt. The van der Waals surface area contributed by atoms with Crippen molar-refractivity contribution in [3.05, 3.63) is 152 Å². The van der Waals surface area contributed by atoms with Gasteiger partial charge in [0.15, 0.2) is 0 Å². The molecule has 0 saturated carbocycles. The van der Waals surface area contributed by atoms with Crippen molar-refractivity contribution >= 4 is 43.9 Å². The molecule has 0 atom stereocenters. The van der Waals surface area contributed by atoms with Gasteiger partial charge in [0, 0.05) is 27.1 Å². The minimum absolute atomic E-state index is 0. The summed E-state index contributed by atoms with van der Waals surface area (Å²) in [6, 6.07) is 54.3. The standard InChI is InChI=1S/C41H26N4O.Pt/c1-46-30-25-23-28(24-26-30)37-38-31-17-8-10-20-34(31)44(29-15-6-3-7-16-29)40(38)43-41-39(37)32-18-9-11-21-35(32)45(41)36-22-12-19-33(42-36)27-13-4-2-5-14-27;/h2-13,15,17-26H,1H3;/q-2;+2. The summed E-state index contributed by atoms with van der Waals surface area (Å²) < 4.78 is 9.98. The number of hydrogen-bond donors (Lipinski definition) is 0. The maximum Gasteiger partial charge on any atom is 2.00 e.